The van der Waals surface area contributed by atoms with Crippen molar-refractivity contribution in [3.05, 3.63) is 23.9 Å². The Hall–Kier alpha value is -2.31. The Bertz CT molecular complexity index is 574. The lowest BCUT2D eigenvalue weighted by molar-refractivity contribution is -0.128. The second-order valence-electron chi connectivity index (χ2n) is 5.68. The minimum absolute atomic E-state index is 0.105. The molecule has 1 aliphatic carbocycles. The summed E-state index contributed by atoms with van der Waals surface area (Å²) in [7, 11) is 1.55. The van der Waals surface area contributed by atoms with E-state index in [0.29, 0.717) is 31.4 Å². The molecule has 1 aliphatic heterocycles. The van der Waals surface area contributed by atoms with Crippen molar-refractivity contribution in [2.75, 3.05) is 13.7 Å². The normalized spacial score (nSPS) is 20.9. The number of nitrogens with zero attached hydrogens (tertiary/aromatic N) is 2. The second kappa shape index (κ2) is 6.21. The van der Waals surface area contributed by atoms with Gasteiger partial charge in [0.2, 0.25) is 11.8 Å². The highest BCUT2D eigenvalue weighted by Gasteiger charge is 2.39. The molecule has 0 bridgehead atoms. The molecule has 1 unspecified atom stereocenters. The van der Waals surface area contributed by atoms with Crippen LogP contribution in [0.15, 0.2) is 18.2 Å². The number of likely N-dealkylation sites (tertiary alicyclic amines) is 1. The fourth-order valence-corrected chi connectivity index (χ4v) is 2.64. The van der Waals surface area contributed by atoms with E-state index in [1.807, 2.05) is 17.0 Å². The number of amides is 3. The summed E-state index contributed by atoms with van der Waals surface area (Å²) in [4.78, 5) is 29.8. The SMILES string of the molecule is COc1cccc(CNC(=O)NC2CC(=O)N(C3CC3)C2)n1. The Balaban J connectivity index is 1.45. The molecule has 0 spiro atoms. The molecule has 7 nitrogen and oxygen atoms in total. The van der Waals surface area contributed by atoms with Crippen molar-refractivity contribution >= 4 is 11.9 Å². The maximum atomic E-state index is 11.9. The number of carbonyl (C=O) groups excluding carboxylic acids is 2. The summed E-state index contributed by atoms with van der Waals surface area (Å²) in [6.07, 6.45) is 2.57. The van der Waals surface area contributed by atoms with Crippen LogP contribution in [0, 0.1) is 0 Å². The van der Waals surface area contributed by atoms with Crippen LogP contribution in [0.2, 0.25) is 0 Å². The zero-order valence-electron chi connectivity index (χ0n) is 12.5. The van der Waals surface area contributed by atoms with Crippen LogP contribution in [-0.2, 0) is 11.3 Å². The van der Waals surface area contributed by atoms with Gasteiger partial charge in [0.15, 0.2) is 0 Å². The van der Waals surface area contributed by atoms with Crippen LogP contribution in [-0.4, -0.2) is 47.6 Å². The number of aromatic nitrogens is 1. The molecule has 2 N–H and O–H groups in total. The van der Waals surface area contributed by atoms with Gasteiger partial charge in [-0.3, -0.25) is 4.79 Å². The number of pyridine rings is 1. The van der Waals surface area contributed by atoms with Gasteiger partial charge in [-0.2, -0.15) is 0 Å². The van der Waals surface area contributed by atoms with E-state index in [1.165, 1.54) is 0 Å². The smallest absolute Gasteiger partial charge is 0.315 e. The van der Waals surface area contributed by atoms with Gasteiger partial charge in [0.25, 0.3) is 0 Å². The molecule has 1 aromatic heterocycles. The molecule has 1 atom stereocenters. The highest BCUT2D eigenvalue weighted by Crippen LogP contribution is 2.30. The van der Waals surface area contributed by atoms with Gasteiger partial charge in [-0.25, -0.2) is 9.78 Å². The van der Waals surface area contributed by atoms with Crippen LogP contribution in [0.4, 0.5) is 4.79 Å². The monoisotopic (exact) mass is 304 g/mol. The Morgan fingerprint density at radius 3 is 3.00 bits per heavy atom. The van der Waals surface area contributed by atoms with E-state index >= 15 is 0 Å². The number of ether oxygens (including phenoxy) is 1. The van der Waals surface area contributed by atoms with Crippen LogP contribution in [0.1, 0.15) is 25.0 Å². The lowest BCUT2D eigenvalue weighted by Crippen LogP contribution is -2.43. The molecule has 118 valence electrons. The van der Waals surface area contributed by atoms with Gasteiger partial charge in [0, 0.05) is 25.1 Å². The minimum Gasteiger partial charge on any atom is -0.481 e. The molecule has 1 saturated carbocycles. The predicted octanol–water partition coefficient (Wildman–Crippen LogP) is 0.653. The number of hydrogen-bond donors (Lipinski definition) is 2. The molecule has 2 fully saturated rings. The standard InChI is InChI=1S/C15H20N4O3/c1-22-13-4-2-3-10(17-13)8-16-15(21)18-11-7-14(20)19(9-11)12-5-6-12/h2-4,11-12H,5-9H2,1H3,(H2,16,18,21). The van der Waals surface area contributed by atoms with E-state index in [4.69, 9.17) is 4.74 Å². The number of urea groups is 1. The van der Waals surface area contributed by atoms with E-state index in [2.05, 4.69) is 15.6 Å². The quantitative estimate of drug-likeness (QED) is 0.837. The van der Waals surface area contributed by atoms with Gasteiger partial charge in [0.05, 0.1) is 25.4 Å². The first kappa shape index (κ1) is 14.6. The third-order valence-corrected chi connectivity index (χ3v) is 3.90. The zero-order valence-corrected chi connectivity index (χ0v) is 12.5. The topological polar surface area (TPSA) is 83.6 Å². The summed E-state index contributed by atoms with van der Waals surface area (Å²) in [5.41, 5.74) is 0.719. The average Bonchev–Trinajstić information content (AvgIpc) is 3.29. The van der Waals surface area contributed by atoms with Crippen molar-refractivity contribution < 1.29 is 14.3 Å². The average molecular weight is 304 g/mol. The van der Waals surface area contributed by atoms with Crippen LogP contribution in [0.25, 0.3) is 0 Å². The lowest BCUT2D eigenvalue weighted by atomic mass is 10.2. The number of methoxy groups -OCH3 is 1. The Kier molecular flexibility index (Phi) is 4.13. The largest absolute Gasteiger partial charge is 0.481 e. The minimum atomic E-state index is -0.278. The number of carbonyl (C=O) groups is 2. The molecular weight excluding hydrogens is 284 g/mol. The highest BCUT2D eigenvalue weighted by molar-refractivity contribution is 5.82. The maximum absolute atomic E-state index is 11.9. The Morgan fingerprint density at radius 2 is 2.27 bits per heavy atom. The summed E-state index contributed by atoms with van der Waals surface area (Å²) < 4.78 is 5.04. The van der Waals surface area contributed by atoms with E-state index < -0.39 is 0 Å². The van der Waals surface area contributed by atoms with Crippen LogP contribution in [0.5, 0.6) is 5.88 Å². The van der Waals surface area contributed by atoms with Crippen molar-refractivity contribution in [2.24, 2.45) is 0 Å². The van der Waals surface area contributed by atoms with Crippen LogP contribution >= 0.6 is 0 Å². The third-order valence-electron chi connectivity index (χ3n) is 3.90. The van der Waals surface area contributed by atoms with Crippen molar-refractivity contribution in [1.82, 2.24) is 20.5 Å². The van der Waals surface area contributed by atoms with E-state index in [0.717, 1.165) is 18.5 Å². The van der Waals surface area contributed by atoms with Gasteiger partial charge in [-0.1, -0.05) is 6.07 Å². The van der Waals surface area contributed by atoms with Crippen molar-refractivity contribution in [3.63, 3.8) is 0 Å². The highest BCUT2D eigenvalue weighted by atomic mass is 16.5. The first-order valence-corrected chi connectivity index (χ1v) is 7.49. The van der Waals surface area contributed by atoms with Gasteiger partial charge in [-0.15, -0.1) is 0 Å². The third kappa shape index (κ3) is 3.47. The maximum Gasteiger partial charge on any atom is 0.315 e. The van der Waals surface area contributed by atoms with Gasteiger partial charge in [0.1, 0.15) is 0 Å². The van der Waals surface area contributed by atoms with Crippen molar-refractivity contribution in [3.8, 4) is 5.88 Å². The summed E-state index contributed by atoms with van der Waals surface area (Å²) in [5.74, 6) is 0.656. The van der Waals surface area contributed by atoms with E-state index in [1.54, 1.807) is 13.2 Å². The van der Waals surface area contributed by atoms with Gasteiger partial charge < -0.3 is 20.3 Å². The molecule has 3 rings (SSSR count). The molecule has 2 aliphatic rings. The molecule has 2 heterocycles. The number of nitrogens with one attached hydrogen (secondary N) is 2. The molecular formula is C15H20N4O3. The summed E-state index contributed by atoms with van der Waals surface area (Å²) in [6, 6.07) is 5.41. The van der Waals surface area contributed by atoms with Gasteiger partial charge >= 0.3 is 6.03 Å². The summed E-state index contributed by atoms with van der Waals surface area (Å²) in [5, 5.41) is 5.60. The molecule has 1 saturated heterocycles. The fraction of sp³-hybridized carbons (Fsp3) is 0.533. The molecule has 3 amide bonds. The molecule has 0 aromatic carbocycles. The predicted molar refractivity (Wildman–Crippen MR) is 79.3 cm³/mol. The lowest BCUT2D eigenvalue weighted by Gasteiger charge is -2.16. The summed E-state index contributed by atoms with van der Waals surface area (Å²) >= 11 is 0. The Morgan fingerprint density at radius 1 is 1.45 bits per heavy atom. The first-order chi connectivity index (χ1) is 10.7. The summed E-state index contributed by atoms with van der Waals surface area (Å²) in [6.45, 7) is 0.935. The molecule has 22 heavy (non-hydrogen) atoms. The number of rotatable bonds is 5. The fourth-order valence-electron chi connectivity index (χ4n) is 2.64. The molecule has 0 radical (unpaired) electrons. The van der Waals surface area contributed by atoms with Crippen molar-refractivity contribution in [2.45, 2.75) is 37.9 Å². The number of hydrogen-bond acceptors (Lipinski definition) is 4. The van der Waals surface area contributed by atoms with E-state index in [9.17, 15) is 9.59 Å². The first-order valence-electron chi connectivity index (χ1n) is 7.49. The second-order valence-corrected chi connectivity index (χ2v) is 5.68. The molecule has 1 aromatic rings. The van der Waals surface area contributed by atoms with Crippen LogP contribution in [0.3, 0.4) is 0 Å². The molecule has 7 heteroatoms. The zero-order chi connectivity index (χ0) is 15.5. The van der Waals surface area contributed by atoms with Gasteiger partial charge in [-0.05, 0) is 18.9 Å². The van der Waals surface area contributed by atoms with Crippen LogP contribution < -0.4 is 15.4 Å². The van der Waals surface area contributed by atoms with Crippen molar-refractivity contribution in [1.29, 1.82) is 0 Å². The van der Waals surface area contributed by atoms with E-state index in [-0.39, 0.29) is 18.0 Å². The Labute approximate surface area is 129 Å².